The number of hydrogen-bond donors (Lipinski definition) is 1. The summed E-state index contributed by atoms with van der Waals surface area (Å²) in [6.07, 6.45) is 9.64. The third-order valence-corrected chi connectivity index (χ3v) is 5.43. The van der Waals surface area contributed by atoms with Gasteiger partial charge in [-0.1, -0.05) is 23.8 Å². The second kappa shape index (κ2) is 6.56. The fourth-order valence-corrected chi connectivity index (χ4v) is 4.02. The van der Waals surface area contributed by atoms with Crippen LogP contribution in [-0.4, -0.2) is 23.0 Å². The molecule has 132 valence electrons. The Morgan fingerprint density at radius 1 is 1.31 bits per heavy atom. The van der Waals surface area contributed by atoms with Crippen molar-refractivity contribution in [3.8, 4) is 0 Å². The molecule has 1 aliphatic carbocycles. The lowest BCUT2D eigenvalue weighted by Gasteiger charge is -2.25. The first-order valence-corrected chi connectivity index (χ1v) is 9.27. The van der Waals surface area contributed by atoms with Crippen molar-refractivity contribution in [2.24, 2.45) is 4.99 Å². The number of H-pyrrole nitrogens is 1. The van der Waals surface area contributed by atoms with E-state index >= 15 is 0 Å². The summed E-state index contributed by atoms with van der Waals surface area (Å²) in [6.45, 7) is 8.04. The zero-order chi connectivity index (χ0) is 18.3. The third kappa shape index (κ3) is 3.10. The van der Waals surface area contributed by atoms with Gasteiger partial charge in [-0.15, -0.1) is 0 Å². The Bertz CT molecular complexity index is 1000. The molecule has 2 aromatic rings. The van der Waals surface area contributed by atoms with Gasteiger partial charge in [0, 0.05) is 17.1 Å². The number of aromatic amines is 1. The quantitative estimate of drug-likeness (QED) is 0.574. The third-order valence-electron chi connectivity index (χ3n) is 5.43. The predicted molar refractivity (Wildman–Crippen MR) is 109 cm³/mol. The van der Waals surface area contributed by atoms with Crippen molar-refractivity contribution in [1.82, 2.24) is 4.98 Å². The van der Waals surface area contributed by atoms with E-state index in [0.29, 0.717) is 11.7 Å². The number of ketones is 1. The molecule has 1 unspecified atom stereocenters. The van der Waals surface area contributed by atoms with Gasteiger partial charge < -0.3 is 4.98 Å². The van der Waals surface area contributed by atoms with Crippen LogP contribution >= 0.6 is 0 Å². The molecule has 0 spiro atoms. The minimum atomic E-state index is 0.0564. The van der Waals surface area contributed by atoms with E-state index in [2.05, 4.69) is 42.5 Å². The molecule has 0 fully saturated rings. The molecule has 1 aromatic carbocycles. The summed E-state index contributed by atoms with van der Waals surface area (Å²) in [5.74, 6) is 0.0564. The van der Waals surface area contributed by atoms with E-state index in [-0.39, 0.29) is 5.78 Å². The molecule has 26 heavy (non-hydrogen) atoms. The number of fused-ring (bicyclic) bond motifs is 1. The van der Waals surface area contributed by atoms with Crippen molar-refractivity contribution in [3.63, 3.8) is 0 Å². The second-order valence-electron chi connectivity index (χ2n) is 7.49. The van der Waals surface area contributed by atoms with E-state index in [9.17, 15) is 4.79 Å². The SMILES string of the molecule is C=Cc1cc(C)c2[nH]c(C(=O)C=C3CCC4=C(C=NC(C)C4)C3)cc2c1. The Hall–Kier alpha value is -2.68. The van der Waals surface area contributed by atoms with Gasteiger partial charge in [-0.3, -0.25) is 9.79 Å². The Morgan fingerprint density at radius 2 is 2.15 bits per heavy atom. The molecule has 1 atom stereocenters. The normalized spacial score (nSPS) is 21.3. The Balaban J connectivity index is 1.60. The number of aromatic nitrogens is 1. The molecule has 2 heterocycles. The maximum Gasteiger partial charge on any atom is 0.201 e. The van der Waals surface area contributed by atoms with Crippen molar-refractivity contribution < 1.29 is 4.79 Å². The highest BCUT2D eigenvalue weighted by molar-refractivity contribution is 6.07. The van der Waals surface area contributed by atoms with Gasteiger partial charge in [-0.05, 0) is 80.5 Å². The average Bonchev–Trinajstić information content (AvgIpc) is 3.06. The second-order valence-corrected chi connectivity index (χ2v) is 7.49. The van der Waals surface area contributed by atoms with Crippen LogP contribution in [0, 0.1) is 6.92 Å². The molecule has 4 rings (SSSR count). The molecule has 0 bridgehead atoms. The molecule has 0 saturated carbocycles. The smallest absolute Gasteiger partial charge is 0.201 e. The van der Waals surface area contributed by atoms with Gasteiger partial charge in [0.05, 0.1) is 11.7 Å². The van der Waals surface area contributed by atoms with Gasteiger partial charge in [0.2, 0.25) is 5.78 Å². The van der Waals surface area contributed by atoms with Crippen LogP contribution in [0.3, 0.4) is 0 Å². The predicted octanol–water partition coefficient (Wildman–Crippen LogP) is 5.57. The van der Waals surface area contributed by atoms with Crippen LogP contribution in [0.25, 0.3) is 17.0 Å². The van der Waals surface area contributed by atoms with Crippen LogP contribution in [0.15, 0.2) is 52.6 Å². The van der Waals surface area contributed by atoms with E-state index in [4.69, 9.17) is 0 Å². The van der Waals surface area contributed by atoms with Crippen LogP contribution in [0.2, 0.25) is 0 Å². The number of benzene rings is 1. The van der Waals surface area contributed by atoms with Crippen LogP contribution in [0.5, 0.6) is 0 Å². The summed E-state index contributed by atoms with van der Waals surface area (Å²) < 4.78 is 0. The Labute approximate surface area is 154 Å². The van der Waals surface area contributed by atoms with Crippen LogP contribution in [-0.2, 0) is 0 Å². The first kappa shape index (κ1) is 16.8. The highest BCUT2D eigenvalue weighted by atomic mass is 16.1. The molecule has 0 amide bonds. The summed E-state index contributed by atoms with van der Waals surface area (Å²) in [5, 5.41) is 1.06. The monoisotopic (exact) mass is 344 g/mol. The number of dihydropyridines is 1. The lowest BCUT2D eigenvalue weighted by Crippen LogP contribution is -2.14. The van der Waals surface area contributed by atoms with Crippen LogP contribution in [0.4, 0.5) is 0 Å². The van der Waals surface area contributed by atoms with Gasteiger partial charge in [0.15, 0.2) is 0 Å². The minimum absolute atomic E-state index is 0.0564. The molecule has 3 heteroatoms. The van der Waals surface area contributed by atoms with E-state index in [1.807, 2.05) is 24.4 Å². The van der Waals surface area contributed by atoms with Gasteiger partial charge in [-0.25, -0.2) is 0 Å². The molecule has 1 aliphatic heterocycles. The van der Waals surface area contributed by atoms with E-state index in [1.54, 1.807) is 0 Å². The van der Waals surface area contributed by atoms with Gasteiger partial charge in [0.1, 0.15) is 0 Å². The maximum atomic E-state index is 12.8. The number of hydrogen-bond acceptors (Lipinski definition) is 2. The minimum Gasteiger partial charge on any atom is -0.352 e. The average molecular weight is 344 g/mol. The summed E-state index contributed by atoms with van der Waals surface area (Å²) in [7, 11) is 0. The van der Waals surface area contributed by atoms with Gasteiger partial charge in [0.25, 0.3) is 0 Å². The Morgan fingerprint density at radius 3 is 2.96 bits per heavy atom. The summed E-state index contributed by atoms with van der Waals surface area (Å²) >= 11 is 0. The summed E-state index contributed by atoms with van der Waals surface area (Å²) in [5.41, 5.74) is 7.93. The molecule has 3 nitrogen and oxygen atoms in total. The van der Waals surface area contributed by atoms with E-state index < -0.39 is 0 Å². The fraction of sp³-hybridized carbons (Fsp3) is 0.304. The molecule has 2 aliphatic rings. The van der Waals surface area contributed by atoms with Crippen molar-refractivity contribution in [3.05, 3.63) is 64.4 Å². The van der Waals surface area contributed by atoms with Crippen molar-refractivity contribution in [1.29, 1.82) is 0 Å². The Kier molecular flexibility index (Phi) is 4.23. The van der Waals surface area contributed by atoms with Crippen LogP contribution < -0.4 is 0 Å². The molecule has 0 radical (unpaired) electrons. The van der Waals surface area contributed by atoms with Gasteiger partial charge in [-0.2, -0.15) is 0 Å². The van der Waals surface area contributed by atoms with Crippen molar-refractivity contribution >= 4 is 29.0 Å². The summed E-state index contributed by atoms with van der Waals surface area (Å²) in [4.78, 5) is 20.6. The van der Waals surface area contributed by atoms with Crippen LogP contribution in [0.1, 0.15) is 54.2 Å². The first-order valence-electron chi connectivity index (χ1n) is 9.27. The van der Waals surface area contributed by atoms with Gasteiger partial charge >= 0.3 is 0 Å². The number of nitrogens with zero attached hydrogens (tertiary/aromatic N) is 1. The largest absolute Gasteiger partial charge is 0.352 e. The zero-order valence-electron chi connectivity index (χ0n) is 15.4. The topological polar surface area (TPSA) is 45.2 Å². The highest BCUT2D eigenvalue weighted by Crippen LogP contribution is 2.33. The number of aliphatic imine (C=N–C) groups is 1. The van der Waals surface area contributed by atoms with E-state index in [0.717, 1.165) is 47.7 Å². The van der Waals surface area contributed by atoms with E-state index in [1.165, 1.54) is 16.7 Å². The first-order chi connectivity index (χ1) is 12.5. The van der Waals surface area contributed by atoms with Crippen molar-refractivity contribution in [2.75, 3.05) is 0 Å². The molecular formula is C23H24N2O. The lowest BCUT2D eigenvalue weighted by molar-refractivity contribution is 0.104. The molecular weight excluding hydrogens is 320 g/mol. The summed E-state index contributed by atoms with van der Waals surface area (Å²) in [6, 6.07) is 6.49. The number of allylic oxidation sites excluding steroid dienone is 3. The lowest BCUT2D eigenvalue weighted by atomic mass is 9.84. The maximum absolute atomic E-state index is 12.8. The number of carbonyl (C=O) groups excluding carboxylic acids is 1. The number of nitrogens with one attached hydrogen (secondary N) is 1. The highest BCUT2D eigenvalue weighted by Gasteiger charge is 2.20. The molecule has 1 N–H and O–H groups in total. The standard InChI is InChI=1S/C23H24N2O/c1-4-16-7-14(2)23-19(9-16)12-21(25-23)22(26)11-17-5-6-18-8-15(3)24-13-20(18)10-17/h4,7,9,11-13,15,25H,1,5-6,8,10H2,2-3H3. The number of aryl methyl sites for hydroxylation is 1. The fourth-order valence-electron chi connectivity index (χ4n) is 4.02. The zero-order valence-corrected chi connectivity index (χ0v) is 15.4. The molecule has 0 saturated heterocycles. The number of carbonyl (C=O) groups is 1. The number of rotatable bonds is 3. The van der Waals surface area contributed by atoms with Crippen molar-refractivity contribution in [2.45, 2.75) is 45.6 Å². The molecule has 1 aromatic heterocycles.